The number of hydrogen-bond acceptors (Lipinski definition) is 3. The predicted octanol–water partition coefficient (Wildman–Crippen LogP) is 2.41. The molecule has 0 amide bonds. The first-order valence-corrected chi connectivity index (χ1v) is 5.75. The summed E-state index contributed by atoms with van der Waals surface area (Å²) in [5.74, 6) is 0.326. The van der Waals surface area contributed by atoms with E-state index in [1.165, 1.54) is 0 Å². The van der Waals surface area contributed by atoms with E-state index in [-0.39, 0.29) is 17.6 Å². The van der Waals surface area contributed by atoms with Crippen LogP contribution in [0.3, 0.4) is 0 Å². The molecule has 0 fully saturated rings. The lowest BCUT2D eigenvalue weighted by Gasteiger charge is -2.18. The van der Waals surface area contributed by atoms with Crippen LogP contribution in [0.25, 0.3) is 0 Å². The van der Waals surface area contributed by atoms with Gasteiger partial charge < -0.3 is 10.4 Å². The zero-order valence-electron chi connectivity index (χ0n) is 10.4. The standard InChI is InChI=1S/C14H19NO2/c1-4-10(2)15-14(11(3)16)9-12-5-7-13(17)8-6-12/h5-8,14-15,17H,2,4,9H2,1,3H3/t14-/m0/s1. The summed E-state index contributed by atoms with van der Waals surface area (Å²) < 4.78 is 0. The number of phenols is 1. The van der Waals surface area contributed by atoms with Gasteiger partial charge in [0.2, 0.25) is 0 Å². The van der Waals surface area contributed by atoms with Gasteiger partial charge in [-0.25, -0.2) is 0 Å². The van der Waals surface area contributed by atoms with Crippen molar-refractivity contribution in [2.24, 2.45) is 0 Å². The molecule has 0 aliphatic rings. The van der Waals surface area contributed by atoms with Gasteiger partial charge in [0, 0.05) is 5.70 Å². The van der Waals surface area contributed by atoms with E-state index in [0.29, 0.717) is 6.42 Å². The number of rotatable bonds is 6. The molecule has 0 aliphatic heterocycles. The van der Waals surface area contributed by atoms with E-state index in [9.17, 15) is 9.90 Å². The second-order valence-electron chi connectivity index (χ2n) is 4.14. The number of allylic oxidation sites excluding steroid dienone is 1. The molecule has 0 radical (unpaired) electrons. The van der Waals surface area contributed by atoms with E-state index in [0.717, 1.165) is 17.7 Å². The Bertz CT molecular complexity index is 395. The Balaban J connectivity index is 2.70. The molecule has 1 aromatic rings. The van der Waals surface area contributed by atoms with E-state index in [4.69, 9.17) is 0 Å². The largest absolute Gasteiger partial charge is 0.508 e. The third kappa shape index (κ3) is 4.31. The molecule has 0 aromatic heterocycles. The van der Waals surface area contributed by atoms with Crippen LogP contribution in [0.1, 0.15) is 25.8 Å². The van der Waals surface area contributed by atoms with E-state index in [2.05, 4.69) is 11.9 Å². The molecule has 0 heterocycles. The Hall–Kier alpha value is -1.77. The SMILES string of the molecule is C=C(CC)N[C@@H](Cc1ccc(O)cc1)C(C)=O. The van der Waals surface area contributed by atoms with Crippen molar-refractivity contribution in [1.82, 2.24) is 5.32 Å². The molecule has 17 heavy (non-hydrogen) atoms. The molecular formula is C14H19NO2. The molecule has 1 rings (SSSR count). The van der Waals surface area contributed by atoms with Crippen LogP contribution in [-0.4, -0.2) is 16.9 Å². The molecule has 1 atom stereocenters. The molecule has 0 unspecified atom stereocenters. The molecule has 0 aliphatic carbocycles. The van der Waals surface area contributed by atoms with Gasteiger partial charge in [0.25, 0.3) is 0 Å². The number of carbonyl (C=O) groups is 1. The summed E-state index contributed by atoms with van der Waals surface area (Å²) in [7, 11) is 0. The van der Waals surface area contributed by atoms with Crippen molar-refractivity contribution in [2.75, 3.05) is 0 Å². The van der Waals surface area contributed by atoms with Crippen LogP contribution in [0.2, 0.25) is 0 Å². The van der Waals surface area contributed by atoms with Gasteiger partial charge in [-0.05, 0) is 37.5 Å². The Labute approximate surface area is 102 Å². The average Bonchev–Trinajstić information content (AvgIpc) is 2.30. The van der Waals surface area contributed by atoms with Crippen LogP contribution < -0.4 is 5.32 Å². The fourth-order valence-electron chi connectivity index (χ4n) is 1.51. The lowest BCUT2D eigenvalue weighted by atomic mass is 10.0. The van der Waals surface area contributed by atoms with Gasteiger partial charge in [-0.3, -0.25) is 4.79 Å². The van der Waals surface area contributed by atoms with Crippen LogP contribution in [0, 0.1) is 0 Å². The van der Waals surface area contributed by atoms with Crippen molar-refractivity contribution in [3.63, 3.8) is 0 Å². The summed E-state index contributed by atoms with van der Waals surface area (Å²) in [6.45, 7) is 7.41. The van der Waals surface area contributed by atoms with Crippen LogP contribution in [0.15, 0.2) is 36.5 Å². The number of phenolic OH excluding ortho intramolecular Hbond substituents is 1. The minimum absolute atomic E-state index is 0.0904. The maximum Gasteiger partial charge on any atom is 0.152 e. The zero-order valence-corrected chi connectivity index (χ0v) is 10.4. The molecular weight excluding hydrogens is 214 g/mol. The Morgan fingerprint density at radius 2 is 2.00 bits per heavy atom. The molecule has 0 saturated carbocycles. The predicted molar refractivity (Wildman–Crippen MR) is 68.8 cm³/mol. The molecule has 0 bridgehead atoms. The number of Topliss-reactive ketones (excluding diaryl/α,β-unsaturated/α-hetero) is 1. The molecule has 0 spiro atoms. The summed E-state index contributed by atoms with van der Waals surface area (Å²) >= 11 is 0. The van der Waals surface area contributed by atoms with E-state index in [1.54, 1.807) is 19.1 Å². The lowest BCUT2D eigenvalue weighted by molar-refractivity contribution is -0.118. The molecule has 3 heteroatoms. The highest BCUT2D eigenvalue weighted by molar-refractivity contribution is 5.82. The molecule has 92 valence electrons. The van der Waals surface area contributed by atoms with Crippen molar-refractivity contribution in [1.29, 1.82) is 0 Å². The Kier molecular flexibility index (Phi) is 4.76. The fourth-order valence-corrected chi connectivity index (χ4v) is 1.51. The average molecular weight is 233 g/mol. The van der Waals surface area contributed by atoms with Gasteiger partial charge >= 0.3 is 0 Å². The number of carbonyl (C=O) groups excluding carboxylic acids is 1. The van der Waals surface area contributed by atoms with Crippen molar-refractivity contribution in [2.45, 2.75) is 32.7 Å². The van der Waals surface area contributed by atoms with Gasteiger partial charge in [-0.1, -0.05) is 25.6 Å². The Morgan fingerprint density at radius 1 is 1.41 bits per heavy atom. The zero-order chi connectivity index (χ0) is 12.8. The quantitative estimate of drug-likeness (QED) is 0.793. The van der Waals surface area contributed by atoms with Crippen molar-refractivity contribution in [3.05, 3.63) is 42.1 Å². The fraction of sp³-hybridized carbons (Fsp3) is 0.357. The van der Waals surface area contributed by atoms with Gasteiger partial charge in [0.15, 0.2) is 5.78 Å². The normalized spacial score (nSPS) is 11.9. The van der Waals surface area contributed by atoms with Crippen LogP contribution >= 0.6 is 0 Å². The molecule has 2 N–H and O–H groups in total. The van der Waals surface area contributed by atoms with Crippen molar-refractivity contribution < 1.29 is 9.90 Å². The number of benzene rings is 1. The Morgan fingerprint density at radius 3 is 2.47 bits per heavy atom. The summed E-state index contributed by atoms with van der Waals surface area (Å²) in [4.78, 5) is 11.5. The second-order valence-corrected chi connectivity index (χ2v) is 4.14. The second kappa shape index (κ2) is 6.09. The summed E-state index contributed by atoms with van der Waals surface area (Å²) in [6, 6.07) is 6.65. The lowest BCUT2D eigenvalue weighted by Crippen LogP contribution is -2.36. The number of nitrogens with one attached hydrogen (secondary N) is 1. The van der Waals surface area contributed by atoms with Gasteiger partial charge in [0.1, 0.15) is 5.75 Å². The minimum atomic E-state index is -0.244. The molecule has 1 aromatic carbocycles. The van der Waals surface area contributed by atoms with E-state index in [1.807, 2.05) is 19.1 Å². The number of aromatic hydroxyl groups is 1. The first-order chi connectivity index (χ1) is 8.02. The van der Waals surface area contributed by atoms with Crippen molar-refractivity contribution >= 4 is 5.78 Å². The summed E-state index contributed by atoms with van der Waals surface area (Å²) in [5.41, 5.74) is 1.88. The smallest absolute Gasteiger partial charge is 0.152 e. The van der Waals surface area contributed by atoms with Crippen molar-refractivity contribution in [3.8, 4) is 5.75 Å². The van der Waals surface area contributed by atoms with E-state index >= 15 is 0 Å². The maximum absolute atomic E-state index is 11.5. The minimum Gasteiger partial charge on any atom is -0.508 e. The first-order valence-electron chi connectivity index (χ1n) is 5.75. The van der Waals surface area contributed by atoms with Crippen LogP contribution in [-0.2, 0) is 11.2 Å². The summed E-state index contributed by atoms with van der Waals surface area (Å²) in [5, 5.41) is 12.3. The molecule has 0 saturated heterocycles. The highest BCUT2D eigenvalue weighted by Crippen LogP contribution is 2.12. The van der Waals surface area contributed by atoms with Gasteiger partial charge in [-0.15, -0.1) is 0 Å². The third-order valence-electron chi connectivity index (χ3n) is 2.67. The van der Waals surface area contributed by atoms with E-state index < -0.39 is 0 Å². The number of hydrogen-bond donors (Lipinski definition) is 2. The van der Waals surface area contributed by atoms with Gasteiger partial charge in [-0.2, -0.15) is 0 Å². The highest BCUT2D eigenvalue weighted by Gasteiger charge is 2.14. The topological polar surface area (TPSA) is 49.3 Å². The number of ketones is 1. The highest BCUT2D eigenvalue weighted by atomic mass is 16.3. The van der Waals surface area contributed by atoms with Gasteiger partial charge in [0.05, 0.1) is 6.04 Å². The maximum atomic E-state index is 11.5. The third-order valence-corrected chi connectivity index (χ3v) is 2.67. The monoisotopic (exact) mass is 233 g/mol. The first kappa shape index (κ1) is 13.3. The summed E-state index contributed by atoms with van der Waals surface area (Å²) in [6.07, 6.45) is 1.41. The van der Waals surface area contributed by atoms with Crippen LogP contribution in [0.4, 0.5) is 0 Å². The molecule has 3 nitrogen and oxygen atoms in total. The van der Waals surface area contributed by atoms with Crippen LogP contribution in [0.5, 0.6) is 5.75 Å².